The van der Waals surface area contributed by atoms with E-state index in [0.717, 1.165) is 30.9 Å². The molecule has 3 atom stereocenters. The number of aliphatic hydroxyl groups excluding tert-OH is 1. The molecule has 23 heavy (non-hydrogen) atoms. The van der Waals surface area contributed by atoms with Crippen LogP contribution in [0.3, 0.4) is 0 Å². The maximum atomic E-state index is 9.09. The van der Waals surface area contributed by atoms with E-state index in [-0.39, 0.29) is 6.61 Å². The van der Waals surface area contributed by atoms with E-state index in [1.54, 1.807) is 6.33 Å². The molecule has 1 fully saturated rings. The van der Waals surface area contributed by atoms with Crippen LogP contribution in [0.15, 0.2) is 36.9 Å². The molecular formula is C18H26N4O. The second-order valence-corrected chi connectivity index (χ2v) is 6.65. The zero-order valence-electron chi connectivity index (χ0n) is 13.7. The largest absolute Gasteiger partial charge is 0.392 e. The minimum absolute atomic E-state index is 0.109. The normalized spacial score (nSPS) is 24.7. The number of nitrogens with zero attached hydrogens (tertiary/aromatic N) is 3. The lowest BCUT2D eigenvalue weighted by Crippen LogP contribution is -2.42. The highest BCUT2D eigenvalue weighted by Crippen LogP contribution is 2.31. The van der Waals surface area contributed by atoms with Crippen molar-refractivity contribution in [1.29, 1.82) is 0 Å². The third-order valence-electron chi connectivity index (χ3n) is 4.88. The maximum absolute atomic E-state index is 9.09. The second kappa shape index (κ2) is 7.70. The van der Waals surface area contributed by atoms with E-state index in [4.69, 9.17) is 5.11 Å². The third-order valence-corrected chi connectivity index (χ3v) is 4.88. The lowest BCUT2D eigenvalue weighted by Gasteiger charge is -2.35. The summed E-state index contributed by atoms with van der Waals surface area (Å²) < 4.78 is 2.02. The van der Waals surface area contributed by atoms with E-state index < -0.39 is 0 Å². The molecule has 0 radical (unpaired) electrons. The van der Waals surface area contributed by atoms with Crippen molar-refractivity contribution < 1.29 is 5.11 Å². The molecule has 1 aliphatic carbocycles. The number of rotatable bonds is 6. The fourth-order valence-corrected chi connectivity index (χ4v) is 3.48. The minimum atomic E-state index is 0.109. The summed E-state index contributed by atoms with van der Waals surface area (Å²) in [6, 6.07) is 9.06. The molecule has 5 heteroatoms. The van der Waals surface area contributed by atoms with Gasteiger partial charge in [0.1, 0.15) is 12.7 Å². The maximum Gasteiger partial charge on any atom is 0.137 e. The van der Waals surface area contributed by atoms with Crippen molar-refractivity contribution in [2.75, 3.05) is 6.54 Å². The topological polar surface area (TPSA) is 63.0 Å². The minimum Gasteiger partial charge on any atom is -0.392 e. The molecule has 0 bridgehead atoms. The van der Waals surface area contributed by atoms with Gasteiger partial charge in [0.05, 0.1) is 12.6 Å². The Morgan fingerprint density at radius 3 is 2.70 bits per heavy atom. The highest BCUT2D eigenvalue weighted by Gasteiger charge is 2.29. The van der Waals surface area contributed by atoms with E-state index >= 15 is 0 Å². The molecule has 2 N–H and O–H groups in total. The molecule has 1 heterocycles. The Hall–Kier alpha value is -1.72. The van der Waals surface area contributed by atoms with Gasteiger partial charge in [-0.05, 0) is 49.3 Å². The average molecular weight is 314 g/mol. The monoisotopic (exact) mass is 314 g/mol. The van der Waals surface area contributed by atoms with Crippen LogP contribution in [0.4, 0.5) is 0 Å². The van der Waals surface area contributed by atoms with Crippen molar-refractivity contribution in [1.82, 2.24) is 20.1 Å². The Kier molecular flexibility index (Phi) is 5.41. The summed E-state index contributed by atoms with van der Waals surface area (Å²) in [5, 5.41) is 17.2. The number of aliphatic hydroxyl groups is 1. The van der Waals surface area contributed by atoms with Gasteiger partial charge in [-0.2, -0.15) is 5.10 Å². The molecule has 3 rings (SSSR count). The Labute approximate surface area is 137 Å². The Bertz CT molecular complexity index is 582. The van der Waals surface area contributed by atoms with E-state index in [1.165, 1.54) is 18.4 Å². The fraction of sp³-hybridized carbons (Fsp3) is 0.556. The van der Waals surface area contributed by atoms with Crippen molar-refractivity contribution in [3.05, 3.63) is 48.0 Å². The first kappa shape index (κ1) is 16.1. The molecule has 1 saturated carbocycles. The Morgan fingerprint density at radius 1 is 1.22 bits per heavy atom. The van der Waals surface area contributed by atoms with Gasteiger partial charge in [-0.3, -0.25) is 0 Å². The molecule has 0 aliphatic heterocycles. The summed E-state index contributed by atoms with van der Waals surface area (Å²) in [6.45, 7) is 3.39. The highest BCUT2D eigenvalue weighted by molar-refractivity contribution is 5.22. The molecule has 2 aromatic rings. The highest BCUT2D eigenvalue weighted by atomic mass is 16.3. The molecule has 0 spiro atoms. The summed E-state index contributed by atoms with van der Waals surface area (Å²) in [4.78, 5) is 4.10. The molecule has 1 aromatic carbocycles. The van der Waals surface area contributed by atoms with Gasteiger partial charge in [-0.15, -0.1) is 0 Å². The van der Waals surface area contributed by atoms with Crippen LogP contribution in [0.25, 0.3) is 0 Å². The molecule has 1 aromatic heterocycles. The summed E-state index contributed by atoms with van der Waals surface area (Å²) in [6.07, 6.45) is 8.08. The van der Waals surface area contributed by atoms with Crippen LogP contribution in [-0.2, 0) is 13.0 Å². The number of benzene rings is 1. The van der Waals surface area contributed by atoms with Crippen molar-refractivity contribution in [3.8, 4) is 0 Å². The first-order chi connectivity index (χ1) is 11.3. The van der Waals surface area contributed by atoms with Gasteiger partial charge in [0.25, 0.3) is 0 Å². The molecule has 0 unspecified atom stereocenters. The Balaban J connectivity index is 1.55. The molecule has 124 valence electrons. The lowest BCUT2D eigenvalue weighted by atomic mass is 9.83. The predicted octanol–water partition coefficient (Wildman–Crippen LogP) is 2.33. The van der Waals surface area contributed by atoms with Crippen molar-refractivity contribution >= 4 is 0 Å². The van der Waals surface area contributed by atoms with Gasteiger partial charge in [-0.25, -0.2) is 9.67 Å². The zero-order valence-corrected chi connectivity index (χ0v) is 13.7. The number of aromatic nitrogens is 3. The SMILES string of the molecule is C[C@@H]1CC[C@@H](NCCc2ccc(CO)cc2)[C@@H](n2cncn2)C1. The summed E-state index contributed by atoms with van der Waals surface area (Å²) in [5.41, 5.74) is 2.27. The van der Waals surface area contributed by atoms with Gasteiger partial charge < -0.3 is 10.4 Å². The van der Waals surface area contributed by atoms with E-state index in [0.29, 0.717) is 12.1 Å². The van der Waals surface area contributed by atoms with Gasteiger partial charge in [0.2, 0.25) is 0 Å². The quantitative estimate of drug-likeness (QED) is 0.859. The van der Waals surface area contributed by atoms with E-state index in [9.17, 15) is 0 Å². The van der Waals surface area contributed by atoms with E-state index in [2.05, 4.69) is 34.5 Å². The molecule has 0 saturated heterocycles. The fourth-order valence-electron chi connectivity index (χ4n) is 3.48. The smallest absolute Gasteiger partial charge is 0.137 e. The van der Waals surface area contributed by atoms with Crippen molar-refractivity contribution in [2.45, 2.75) is 51.3 Å². The molecule has 1 aliphatic rings. The first-order valence-electron chi connectivity index (χ1n) is 8.52. The van der Waals surface area contributed by atoms with Crippen LogP contribution in [0.1, 0.15) is 43.4 Å². The van der Waals surface area contributed by atoms with Crippen LogP contribution >= 0.6 is 0 Å². The summed E-state index contributed by atoms with van der Waals surface area (Å²) >= 11 is 0. The van der Waals surface area contributed by atoms with Gasteiger partial charge >= 0.3 is 0 Å². The van der Waals surface area contributed by atoms with Crippen LogP contribution in [0.2, 0.25) is 0 Å². The first-order valence-corrected chi connectivity index (χ1v) is 8.52. The van der Waals surface area contributed by atoms with Gasteiger partial charge in [0.15, 0.2) is 0 Å². The van der Waals surface area contributed by atoms with Gasteiger partial charge in [-0.1, -0.05) is 31.2 Å². The van der Waals surface area contributed by atoms with Crippen LogP contribution in [0.5, 0.6) is 0 Å². The lowest BCUT2D eigenvalue weighted by molar-refractivity contribution is 0.203. The Morgan fingerprint density at radius 2 is 2.00 bits per heavy atom. The van der Waals surface area contributed by atoms with Crippen LogP contribution < -0.4 is 5.32 Å². The van der Waals surface area contributed by atoms with Crippen LogP contribution in [-0.4, -0.2) is 32.5 Å². The number of hydrogen-bond donors (Lipinski definition) is 2. The number of nitrogens with one attached hydrogen (secondary N) is 1. The summed E-state index contributed by atoms with van der Waals surface area (Å²) in [7, 11) is 0. The van der Waals surface area contributed by atoms with E-state index in [1.807, 2.05) is 23.1 Å². The predicted molar refractivity (Wildman–Crippen MR) is 89.9 cm³/mol. The molecule has 5 nitrogen and oxygen atoms in total. The van der Waals surface area contributed by atoms with Gasteiger partial charge in [0, 0.05) is 6.04 Å². The molecular weight excluding hydrogens is 288 g/mol. The summed E-state index contributed by atoms with van der Waals surface area (Å²) in [5.74, 6) is 0.744. The molecule has 0 amide bonds. The average Bonchev–Trinajstić information content (AvgIpc) is 3.11. The second-order valence-electron chi connectivity index (χ2n) is 6.65. The number of hydrogen-bond acceptors (Lipinski definition) is 4. The third kappa shape index (κ3) is 4.18. The van der Waals surface area contributed by atoms with Crippen molar-refractivity contribution in [3.63, 3.8) is 0 Å². The van der Waals surface area contributed by atoms with Crippen LogP contribution in [0, 0.1) is 5.92 Å². The van der Waals surface area contributed by atoms with Crippen molar-refractivity contribution in [2.24, 2.45) is 5.92 Å². The zero-order chi connectivity index (χ0) is 16.1. The standard InChI is InChI=1S/C18H26N4O/c1-14-2-7-17(18(10-14)22-13-19-12-21-22)20-9-8-15-3-5-16(11-23)6-4-15/h3-6,12-14,17-18,20,23H,2,7-11H2,1H3/t14-,17-,18+/m1/s1.